The molecule has 0 radical (unpaired) electrons. The highest BCUT2D eigenvalue weighted by Gasteiger charge is 2.09. The SMILES string of the molecule is NCCC(=O)NC[C@H](S)Cc1ccccc1F. The van der Waals surface area contributed by atoms with Crippen molar-refractivity contribution < 1.29 is 9.18 Å². The van der Waals surface area contributed by atoms with Crippen molar-refractivity contribution in [2.75, 3.05) is 13.1 Å². The first-order valence-corrected chi connectivity index (χ1v) is 6.03. The van der Waals surface area contributed by atoms with Gasteiger partial charge in [0, 0.05) is 24.8 Å². The molecule has 0 unspecified atom stereocenters. The van der Waals surface area contributed by atoms with Gasteiger partial charge in [-0.05, 0) is 18.1 Å². The molecule has 1 rings (SSSR count). The number of nitrogens with two attached hydrogens (primary N) is 1. The molecule has 3 nitrogen and oxygen atoms in total. The molecule has 1 aromatic carbocycles. The van der Waals surface area contributed by atoms with Gasteiger partial charge in [-0.3, -0.25) is 4.79 Å². The van der Waals surface area contributed by atoms with Crippen LogP contribution in [0.15, 0.2) is 24.3 Å². The van der Waals surface area contributed by atoms with Gasteiger partial charge >= 0.3 is 0 Å². The summed E-state index contributed by atoms with van der Waals surface area (Å²) >= 11 is 4.32. The van der Waals surface area contributed by atoms with E-state index in [9.17, 15) is 9.18 Å². The molecule has 94 valence electrons. The molecule has 0 aliphatic rings. The van der Waals surface area contributed by atoms with Crippen LogP contribution >= 0.6 is 12.6 Å². The molecule has 0 aliphatic heterocycles. The molecule has 0 aromatic heterocycles. The number of nitrogens with one attached hydrogen (secondary N) is 1. The van der Waals surface area contributed by atoms with Crippen molar-refractivity contribution in [1.82, 2.24) is 5.32 Å². The maximum Gasteiger partial charge on any atom is 0.221 e. The lowest BCUT2D eigenvalue weighted by Crippen LogP contribution is -2.32. The summed E-state index contributed by atoms with van der Waals surface area (Å²) < 4.78 is 13.3. The van der Waals surface area contributed by atoms with Crippen LogP contribution in [0.2, 0.25) is 0 Å². The van der Waals surface area contributed by atoms with Gasteiger partial charge < -0.3 is 11.1 Å². The fourth-order valence-electron chi connectivity index (χ4n) is 1.44. The van der Waals surface area contributed by atoms with E-state index in [1.807, 2.05) is 0 Å². The zero-order valence-electron chi connectivity index (χ0n) is 9.53. The van der Waals surface area contributed by atoms with Crippen molar-refractivity contribution in [1.29, 1.82) is 0 Å². The fourth-order valence-corrected chi connectivity index (χ4v) is 1.73. The predicted octanol–water partition coefficient (Wildman–Crippen LogP) is 1.13. The molecule has 5 heteroatoms. The second-order valence-electron chi connectivity index (χ2n) is 3.79. The lowest BCUT2D eigenvalue weighted by atomic mass is 10.1. The van der Waals surface area contributed by atoms with Crippen LogP contribution in [-0.2, 0) is 11.2 Å². The van der Waals surface area contributed by atoms with Gasteiger partial charge in [0.1, 0.15) is 5.82 Å². The van der Waals surface area contributed by atoms with Gasteiger partial charge in [-0.15, -0.1) is 0 Å². The average Bonchev–Trinajstić information content (AvgIpc) is 2.30. The molecule has 1 amide bonds. The Kier molecular flexibility index (Phi) is 6.00. The van der Waals surface area contributed by atoms with E-state index in [0.717, 1.165) is 0 Å². The van der Waals surface area contributed by atoms with Gasteiger partial charge in [0.05, 0.1) is 0 Å². The molecule has 1 atom stereocenters. The number of hydrogen-bond acceptors (Lipinski definition) is 3. The molecule has 0 bridgehead atoms. The smallest absolute Gasteiger partial charge is 0.221 e. The molecule has 0 fully saturated rings. The summed E-state index contributed by atoms with van der Waals surface area (Å²) in [7, 11) is 0. The Bertz CT molecular complexity index is 373. The average molecular weight is 256 g/mol. The van der Waals surface area contributed by atoms with Crippen molar-refractivity contribution in [2.45, 2.75) is 18.1 Å². The van der Waals surface area contributed by atoms with E-state index < -0.39 is 0 Å². The number of rotatable bonds is 6. The van der Waals surface area contributed by atoms with Crippen LogP contribution in [0.25, 0.3) is 0 Å². The van der Waals surface area contributed by atoms with Crippen molar-refractivity contribution in [2.24, 2.45) is 5.73 Å². The van der Waals surface area contributed by atoms with Crippen molar-refractivity contribution in [3.8, 4) is 0 Å². The van der Waals surface area contributed by atoms with Gasteiger partial charge in [0.25, 0.3) is 0 Å². The maximum absolute atomic E-state index is 13.3. The number of halogens is 1. The Morgan fingerprint density at radius 3 is 2.82 bits per heavy atom. The minimum Gasteiger partial charge on any atom is -0.355 e. The molecular weight excluding hydrogens is 239 g/mol. The summed E-state index contributed by atoms with van der Waals surface area (Å²) in [5.74, 6) is -0.333. The van der Waals surface area contributed by atoms with E-state index >= 15 is 0 Å². The van der Waals surface area contributed by atoms with E-state index in [4.69, 9.17) is 5.73 Å². The molecule has 0 saturated carbocycles. The third-order valence-electron chi connectivity index (χ3n) is 2.32. The second-order valence-corrected chi connectivity index (χ2v) is 4.52. The van der Waals surface area contributed by atoms with Crippen molar-refractivity contribution >= 4 is 18.5 Å². The van der Waals surface area contributed by atoms with E-state index in [1.54, 1.807) is 18.2 Å². The highest BCUT2D eigenvalue weighted by molar-refractivity contribution is 7.81. The largest absolute Gasteiger partial charge is 0.355 e. The molecule has 1 aromatic rings. The van der Waals surface area contributed by atoms with Crippen LogP contribution in [0.5, 0.6) is 0 Å². The lowest BCUT2D eigenvalue weighted by molar-refractivity contribution is -0.120. The number of carbonyl (C=O) groups is 1. The summed E-state index contributed by atoms with van der Waals surface area (Å²) in [6.45, 7) is 0.743. The number of hydrogen-bond donors (Lipinski definition) is 3. The van der Waals surface area contributed by atoms with Gasteiger partial charge in [-0.2, -0.15) is 12.6 Å². The molecule has 0 saturated heterocycles. The maximum atomic E-state index is 13.3. The Morgan fingerprint density at radius 2 is 2.18 bits per heavy atom. The van der Waals surface area contributed by atoms with Crippen molar-refractivity contribution in [3.63, 3.8) is 0 Å². The summed E-state index contributed by atoms with van der Waals surface area (Å²) in [5.41, 5.74) is 5.86. The van der Waals surface area contributed by atoms with Crippen LogP contribution in [-0.4, -0.2) is 24.2 Å². The van der Waals surface area contributed by atoms with E-state index in [0.29, 0.717) is 31.5 Å². The highest BCUT2D eigenvalue weighted by Crippen LogP contribution is 2.11. The number of thiol groups is 1. The summed E-state index contributed by atoms with van der Waals surface area (Å²) in [6.07, 6.45) is 0.791. The van der Waals surface area contributed by atoms with Crippen LogP contribution in [0.1, 0.15) is 12.0 Å². The second kappa shape index (κ2) is 7.29. The van der Waals surface area contributed by atoms with E-state index in [-0.39, 0.29) is 17.0 Å². The molecule has 0 spiro atoms. The van der Waals surface area contributed by atoms with Crippen molar-refractivity contribution in [3.05, 3.63) is 35.6 Å². The Hall–Kier alpha value is -1.07. The van der Waals surface area contributed by atoms with Gasteiger partial charge in [-0.1, -0.05) is 18.2 Å². The molecule has 0 aliphatic carbocycles. The van der Waals surface area contributed by atoms with Crippen LogP contribution in [0.4, 0.5) is 4.39 Å². The zero-order chi connectivity index (χ0) is 12.7. The Morgan fingerprint density at radius 1 is 1.47 bits per heavy atom. The monoisotopic (exact) mass is 256 g/mol. The molecule has 3 N–H and O–H groups in total. The van der Waals surface area contributed by atoms with Gasteiger partial charge in [-0.25, -0.2) is 4.39 Å². The normalized spacial score (nSPS) is 12.2. The van der Waals surface area contributed by atoms with Gasteiger partial charge in [0.15, 0.2) is 0 Å². The predicted molar refractivity (Wildman–Crippen MR) is 69.6 cm³/mol. The topological polar surface area (TPSA) is 55.1 Å². The quantitative estimate of drug-likeness (QED) is 0.668. The lowest BCUT2D eigenvalue weighted by Gasteiger charge is -2.12. The van der Waals surface area contributed by atoms with E-state index in [1.165, 1.54) is 6.07 Å². The standard InChI is InChI=1S/C12H17FN2OS/c13-11-4-2-1-3-9(11)7-10(17)8-15-12(16)5-6-14/h1-4,10,17H,5-8,14H2,(H,15,16)/t10-/m1/s1. The molecular formula is C12H17FN2OS. The van der Waals surface area contributed by atoms with Crippen LogP contribution < -0.4 is 11.1 Å². The summed E-state index contributed by atoms with van der Waals surface area (Å²) in [5, 5.41) is 2.60. The first-order chi connectivity index (χ1) is 8.13. The van der Waals surface area contributed by atoms with Crippen LogP contribution in [0.3, 0.4) is 0 Å². The van der Waals surface area contributed by atoms with Crippen LogP contribution in [0, 0.1) is 5.82 Å². The third kappa shape index (κ3) is 5.19. The first kappa shape index (κ1) is 14.0. The summed E-state index contributed by atoms with van der Waals surface area (Å²) in [6, 6.07) is 6.57. The minimum absolute atomic E-state index is 0.0971. The van der Waals surface area contributed by atoms with E-state index in [2.05, 4.69) is 17.9 Å². The summed E-state index contributed by atoms with van der Waals surface area (Å²) in [4.78, 5) is 11.2. The first-order valence-electron chi connectivity index (χ1n) is 5.51. The zero-order valence-corrected chi connectivity index (χ0v) is 10.4. The number of amides is 1. The highest BCUT2D eigenvalue weighted by atomic mass is 32.1. The van der Waals surface area contributed by atoms with Gasteiger partial charge in [0.2, 0.25) is 5.91 Å². The Balaban J connectivity index is 2.37. The fraction of sp³-hybridized carbons (Fsp3) is 0.417. The minimum atomic E-state index is -0.236. The molecule has 0 heterocycles. The number of carbonyl (C=O) groups excluding carboxylic acids is 1. The number of benzene rings is 1. The molecule has 17 heavy (non-hydrogen) atoms. The third-order valence-corrected chi connectivity index (χ3v) is 2.68. The Labute approximate surface area is 106 Å².